The molecule has 0 saturated heterocycles. The number of carbonyl (C=O) groups is 2. The fourth-order valence-electron chi connectivity index (χ4n) is 3.29. The number of imidazole rings is 1. The zero-order chi connectivity index (χ0) is 19.5. The maximum absolute atomic E-state index is 12.4. The number of hydrogen-bond donors (Lipinski definition) is 1. The Kier molecular flexibility index (Phi) is 6.77. The Bertz CT molecular complexity index is 657. The van der Waals surface area contributed by atoms with Crippen molar-refractivity contribution in [1.82, 2.24) is 19.8 Å². The van der Waals surface area contributed by atoms with Gasteiger partial charge in [-0.2, -0.15) is 0 Å². The standard InChI is InChI=1S/C19H32N4O2S/c1-13-14(2)23(15-9-7-8-10-15)18(20-13)26-12-17(25)22(6)11-16(24)21-19(3,4)5/h15H,7-12H2,1-6H3,(H,21,24). The van der Waals surface area contributed by atoms with Crippen LogP contribution in [-0.4, -0.2) is 51.1 Å². The second-order valence-electron chi connectivity index (χ2n) is 8.21. The van der Waals surface area contributed by atoms with Gasteiger partial charge in [0.15, 0.2) is 5.16 Å². The first-order valence-corrected chi connectivity index (χ1v) is 10.3. The Morgan fingerprint density at radius 3 is 2.46 bits per heavy atom. The van der Waals surface area contributed by atoms with E-state index in [0.29, 0.717) is 11.8 Å². The lowest BCUT2D eigenvalue weighted by Crippen LogP contribution is -2.46. The molecule has 1 aromatic rings. The largest absolute Gasteiger partial charge is 0.350 e. The molecule has 2 amide bonds. The van der Waals surface area contributed by atoms with Gasteiger partial charge in [0.25, 0.3) is 0 Å². The van der Waals surface area contributed by atoms with Gasteiger partial charge in [0.05, 0.1) is 18.0 Å². The zero-order valence-corrected chi connectivity index (χ0v) is 17.7. The minimum atomic E-state index is -0.295. The molecule has 0 radical (unpaired) electrons. The summed E-state index contributed by atoms with van der Waals surface area (Å²) < 4.78 is 2.31. The van der Waals surface area contributed by atoms with Crippen LogP contribution in [-0.2, 0) is 9.59 Å². The number of nitrogens with one attached hydrogen (secondary N) is 1. The Balaban J connectivity index is 1.95. The van der Waals surface area contributed by atoms with E-state index in [9.17, 15) is 9.59 Å². The van der Waals surface area contributed by atoms with Crippen LogP contribution < -0.4 is 5.32 Å². The molecule has 0 aliphatic heterocycles. The third kappa shape index (κ3) is 5.50. The van der Waals surface area contributed by atoms with Crippen LogP contribution in [0.3, 0.4) is 0 Å². The van der Waals surface area contributed by atoms with Gasteiger partial charge >= 0.3 is 0 Å². The van der Waals surface area contributed by atoms with Gasteiger partial charge in [0.2, 0.25) is 11.8 Å². The lowest BCUT2D eigenvalue weighted by molar-refractivity contribution is -0.133. The molecule has 0 spiro atoms. The zero-order valence-electron chi connectivity index (χ0n) is 16.9. The summed E-state index contributed by atoms with van der Waals surface area (Å²) in [4.78, 5) is 30.6. The van der Waals surface area contributed by atoms with Gasteiger partial charge in [0.1, 0.15) is 0 Å². The summed E-state index contributed by atoms with van der Waals surface area (Å²) in [6, 6.07) is 0.504. The Hall–Kier alpha value is -1.50. The first kappa shape index (κ1) is 20.8. The molecular formula is C19H32N4O2S. The van der Waals surface area contributed by atoms with E-state index in [1.807, 2.05) is 27.7 Å². The molecule has 6 nitrogen and oxygen atoms in total. The lowest BCUT2D eigenvalue weighted by Gasteiger charge is -2.23. The van der Waals surface area contributed by atoms with Gasteiger partial charge in [-0.15, -0.1) is 0 Å². The Labute approximate surface area is 161 Å². The van der Waals surface area contributed by atoms with Crippen molar-refractivity contribution in [2.24, 2.45) is 0 Å². The molecule has 26 heavy (non-hydrogen) atoms. The minimum absolute atomic E-state index is 0.0599. The summed E-state index contributed by atoms with van der Waals surface area (Å²) in [6.07, 6.45) is 4.89. The van der Waals surface area contributed by atoms with Crippen LogP contribution in [0.15, 0.2) is 5.16 Å². The number of aryl methyl sites for hydroxylation is 1. The van der Waals surface area contributed by atoms with Crippen molar-refractivity contribution in [3.63, 3.8) is 0 Å². The van der Waals surface area contributed by atoms with E-state index in [1.54, 1.807) is 7.05 Å². The molecule has 7 heteroatoms. The molecule has 0 unspecified atom stereocenters. The molecule has 1 heterocycles. The lowest BCUT2D eigenvalue weighted by atomic mass is 10.1. The van der Waals surface area contributed by atoms with Gasteiger partial charge < -0.3 is 14.8 Å². The van der Waals surface area contributed by atoms with E-state index >= 15 is 0 Å². The van der Waals surface area contributed by atoms with Crippen LogP contribution in [0, 0.1) is 13.8 Å². The molecule has 1 aliphatic rings. The summed E-state index contributed by atoms with van der Waals surface area (Å²) >= 11 is 1.47. The number of nitrogens with zero attached hydrogens (tertiary/aromatic N) is 3. The second kappa shape index (κ2) is 8.46. The quantitative estimate of drug-likeness (QED) is 0.770. The summed E-state index contributed by atoms with van der Waals surface area (Å²) in [5.41, 5.74) is 1.94. The highest BCUT2D eigenvalue weighted by molar-refractivity contribution is 7.99. The van der Waals surface area contributed by atoms with E-state index in [0.717, 1.165) is 10.9 Å². The number of rotatable bonds is 6. The van der Waals surface area contributed by atoms with Crippen LogP contribution >= 0.6 is 11.8 Å². The first-order valence-electron chi connectivity index (χ1n) is 9.31. The smallest absolute Gasteiger partial charge is 0.240 e. The number of amides is 2. The van der Waals surface area contributed by atoms with Crippen molar-refractivity contribution in [3.8, 4) is 0 Å². The molecule has 1 N–H and O–H groups in total. The van der Waals surface area contributed by atoms with Crippen molar-refractivity contribution in [2.75, 3.05) is 19.3 Å². The molecule has 0 bridgehead atoms. The first-order chi connectivity index (χ1) is 12.1. The van der Waals surface area contributed by atoms with E-state index in [-0.39, 0.29) is 23.9 Å². The van der Waals surface area contributed by atoms with Crippen LogP contribution in [0.4, 0.5) is 0 Å². The molecule has 0 atom stereocenters. The van der Waals surface area contributed by atoms with Crippen molar-refractivity contribution < 1.29 is 9.59 Å². The van der Waals surface area contributed by atoms with Crippen LogP contribution in [0.2, 0.25) is 0 Å². The maximum Gasteiger partial charge on any atom is 0.240 e. The van der Waals surface area contributed by atoms with Gasteiger partial charge in [0, 0.05) is 24.3 Å². The average molecular weight is 381 g/mol. The number of likely N-dealkylation sites (N-methyl/N-ethyl adjacent to an activating group) is 1. The monoisotopic (exact) mass is 380 g/mol. The fourth-order valence-corrected chi connectivity index (χ4v) is 4.39. The minimum Gasteiger partial charge on any atom is -0.350 e. The van der Waals surface area contributed by atoms with E-state index in [2.05, 4.69) is 21.8 Å². The van der Waals surface area contributed by atoms with Crippen LogP contribution in [0.1, 0.15) is 63.9 Å². The van der Waals surface area contributed by atoms with Gasteiger partial charge in [-0.05, 0) is 47.5 Å². The molecule has 1 saturated carbocycles. The average Bonchev–Trinajstić information content (AvgIpc) is 3.11. The highest BCUT2D eigenvalue weighted by Crippen LogP contribution is 2.35. The maximum atomic E-state index is 12.4. The topological polar surface area (TPSA) is 67.2 Å². The molecule has 1 aromatic heterocycles. The Morgan fingerprint density at radius 2 is 1.88 bits per heavy atom. The summed E-state index contributed by atoms with van der Waals surface area (Å²) in [5, 5.41) is 3.80. The molecule has 0 aromatic carbocycles. The normalized spacial score (nSPS) is 15.3. The third-order valence-electron chi connectivity index (χ3n) is 4.69. The summed E-state index contributed by atoms with van der Waals surface area (Å²) in [5.74, 6) is 0.0925. The van der Waals surface area contributed by atoms with Crippen molar-refractivity contribution in [2.45, 2.75) is 77.0 Å². The third-order valence-corrected chi connectivity index (χ3v) is 5.63. The molecule has 1 aliphatic carbocycles. The summed E-state index contributed by atoms with van der Waals surface area (Å²) in [6.45, 7) is 9.99. The van der Waals surface area contributed by atoms with Crippen molar-refractivity contribution >= 4 is 23.6 Å². The van der Waals surface area contributed by atoms with Crippen molar-refractivity contribution in [3.05, 3.63) is 11.4 Å². The number of hydrogen-bond acceptors (Lipinski definition) is 4. The molecule has 1 fully saturated rings. The number of thioether (sulfide) groups is 1. The predicted molar refractivity (Wildman–Crippen MR) is 105 cm³/mol. The number of carbonyl (C=O) groups excluding carboxylic acids is 2. The molecular weight excluding hydrogens is 348 g/mol. The van der Waals surface area contributed by atoms with Gasteiger partial charge in [-0.25, -0.2) is 4.98 Å². The number of aromatic nitrogens is 2. The second-order valence-corrected chi connectivity index (χ2v) is 9.15. The molecule has 146 valence electrons. The van der Waals surface area contributed by atoms with Crippen LogP contribution in [0.5, 0.6) is 0 Å². The highest BCUT2D eigenvalue weighted by Gasteiger charge is 2.24. The van der Waals surface area contributed by atoms with E-state index in [1.165, 1.54) is 48.0 Å². The predicted octanol–water partition coefficient (Wildman–Crippen LogP) is 3.08. The van der Waals surface area contributed by atoms with Gasteiger partial charge in [-0.1, -0.05) is 24.6 Å². The van der Waals surface area contributed by atoms with E-state index in [4.69, 9.17) is 0 Å². The van der Waals surface area contributed by atoms with Crippen molar-refractivity contribution in [1.29, 1.82) is 0 Å². The van der Waals surface area contributed by atoms with Gasteiger partial charge in [-0.3, -0.25) is 9.59 Å². The van der Waals surface area contributed by atoms with E-state index < -0.39 is 0 Å². The Morgan fingerprint density at radius 1 is 1.27 bits per heavy atom. The molecule has 2 rings (SSSR count). The highest BCUT2D eigenvalue weighted by atomic mass is 32.2. The fraction of sp³-hybridized carbons (Fsp3) is 0.737. The van der Waals surface area contributed by atoms with Crippen LogP contribution in [0.25, 0.3) is 0 Å². The SMILES string of the molecule is Cc1nc(SCC(=O)N(C)CC(=O)NC(C)(C)C)n(C2CCCC2)c1C. The summed E-state index contributed by atoms with van der Waals surface area (Å²) in [7, 11) is 1.67.